The van der Waals surface area contributed by atoms with Gasteiger partial charge in [-0.1, -0.05) is 40.9 Å². The lowest BCUT2D eigenvalue weighted by molar-refractivity contribution is -0.134. The molecule has 7 heteroatoms. The number of rotatable bonds is 5. The summed E-state index contributed by atoms with van der Waals surface area (Å²) < 4.78 is 5.67. The maximum Gasteiger partial charge on any atom is 0.283 e. The first-order chi connectivity index (χ1) is 11.3. The third-order valence-electron chi connectivity index (χ3n) is 3.07. The van der Waals surface area contributed by atoms with Gasteiger partial charge in [0.2, 0.25) is 0 Å². The number of carbonyl (C=O) groups excluding carboxylic acids is 1. The van der Waals surface area contributed by atoms with Crippen molar-refractivity contribution in [2.24, 2.45) is 5.10 Å². The Labute approximate surface area is 155 Å². The second kappa shape index (κ2) is 7.88. The summed E-state index contributed by atoms with van der Waals surface area (Å²) in [5, 5.41) is 5.46. The lowest BCUT2D eigenvalue weighted by Gasteiger charge is -2.24. The van der Waals surface area contributed by atoms with E-state index in [2.05, 4.69) is 10.5 Å². The Morgan fingerprint density at radius 3 is 2.33 bits per heavy atom. The van der Waals surface area contributed by atoms with Gasteiger partial charge in [0, 0.05) is 15.6 Å². The highest BCUT2D eigenvalue weighted by Gasteiger charge is 2.29. The minimum Gasteiger partial charge on any atom is -0.478 e. The van der Waals surface area contributed by atoms with Crippen LogP contribution < -0.4 is 10.2 Å². The van der Waals surface area contributed by atoms with E-state index in [1.54, 1.807) is 56.3 Å². The number of benzene rings is 2. The van der Waals surface area contributed by atoms with Gasteiger partial charge < -0.3 is 4.74 Å². The molecule has 0 radical (unpaired) electrons. The molecule has 0 aliphatic rings. The summed E-state index contributed by atoms with van der Waals surface area (Å²) in [4.78, 5) is 12.2. The minimum absolute atomic E-state index is 0.404. The smallest absolute Gasteiger partial charge is 0.283 e. The van der Waals surface area contributed by atoms with Gasteiger partial charge in [0.05, 0.1) is 11.2 Å². The molecule has 24 heavy (non-hydrogen) atoms. The van der Waals surface area contributed by atoms with Gasteiger partial charge in [-0.3, -0.25) is 4.79 Å². The van der Waals surface area contributed by atoms with Crippen LogP contribution in [0, 0.1) is 0 Å². The molecule has 4 nitrogen and oxygen atoms in total. The van der Waals surface area contributed by atoms with Gasteiger partial charge in [-0.25, -0.2) is 5.43 Å². The average molecular weight is 386 g/mol. The lowest BCUT2D eigenvalue weighted by Crippen LogP contribution is -2.44. The van der Waals surface area contributed by atoms with Crippen LogP contribution in [0.4, 0.5) is 0 Å². The average Bonchev–Trinajstić information content (AvgIpc) is 2.51. The van der Waals surface area contributed by atoms with E-state index in [1.165, 1.54) is 6.21 Å². The highest BCUT2D eigenvalue weighted by molar-refractivity contribution is 6.36. The number of hydrogen-bond acceptors (Lipinski definition) is 3. The Kier molecular flexibility index (Phi) is 6.10. The van der Waals surface area contributed by atoms with Crippen LogP contribution in [0.25, 0.3) is 0 Å². The SMILES string of the molecule is CC(C)(Oc1ccc(Cl)cc1)C(=O)N/N=C/c1ccc(Cl)cc1Cl. The molecule has 0 saturated carbocycles. The third kappa shape index (κ3) is 5.13. The predicted octanol–water partition coefficient (Wildman–Crippen LogP) is 4.95. The van der Waals surface area contributed by atoms with Gasteiger partial charge in [-0.05, 0) is 50.2 Å². The number of hydrazone groups is 1. The molecule has 2 aromatic carbocycles. The molecule has 0 bridgehead atoms. The van der Waals surface area contributed by atoms with Crippen molar-refractivity contribution in [1.82, 2.24) is 5.43 Å². The molecule has 2 rings (SSSR count). The molecule has 0 fully saturated rings. The van der Waals surface area contributed by atoms with Gasteiger partial charge in [-0.2, -0.15) is 5.10 Å². The van der Waals surface area contributed by atoms with Crippen LogP contribution in [-0.2, 0) is 4.79 Å². The second-order valence-electron chi connectivity index (χ2n) is 5.43. The van der Waals surface area contributed by atoms with Gasteiger partial charge in [0.15, 0.2) is 5.60 Å². The Morgan fingerprint density at radius 2 is 1.71 bits per heavy atom. The van der Waals surface area contributed by atoms with Crippen molar-refractivity contribution in [3.63, 3.8) is 0 Å². The first-order valence-corrected chi connectivity index (χ1v) is 8.14. The topological polar surface area (TPSA) is 50.7 Å². The molecular weight excluding hydrogens is 371 g/mol. The van der Waals surface area contributed by atoms with Crippen molar-refractivity contribution >= 4 is 46.9 Å². The molecule has 0 aliphatic carbocycles. The van der Waals surface area contributed by atoms with Gasteiger partial charge in [-0.15, -0.1) is 0 Å². The van der Waals surface area contributed by atoms with Crippen molar-refractivity contribution in [3.05, 3.63) is 63.1 Å². The van der Waals surface area contributed by atoms with Crippen LogP contribution in [0.2, 0.25) is 15.1 Å². The number of ether oxygens (including phenoxy) is 1. The summed E-state index contributed by atoms with van der Waals surface area (Å²) in [5.74, 6) is 0.128. The highest BCUT2D eigenvalue weighted by atomic mass is 35.5. The fourth-order valence-corrected chi connectivity index (χ4v) is 2.33. The molecule has 0 heterocycles. The Balaban J connectivity index is 1.99. The fourth-order valence-electron chi connectivity index (χ4n) is 1.74. The predicted molar refractivity (Wildman–Crippen MR) is 98.4 cm³/mol. The molecule has 2 aromatic rings. The van der Waals surface area contributed by atoms with Crippen LogP contribution >= 0.6 is 34.8 Å². The van der Waals surface area contributed by atoms with Crippen molar-refractivity contribution in [3.8, 4) is 5.75 Å². The summed E-state index contributed by atoms with van der Waals surface area (Å²) in [6.45, 7) is 3.28. The Morgan fingerprint density at radius 1 is 1.08 bits per heavy atom. The van der Waals surface area contributed by atoms with Gasteiger partial charge >= 0.3 is 0 Å². The van der Waals surface area contributed by atoms with Gasteiger partial charge in [0.25, 0.3) is 5.91 Å². The monoisotopic (exact) mass is 384 g/mol. The summed E-state index contributed by atoms with van der Waals surface area (Å²) in [6.07, 6.45) is 1.44. The van der Waals surface area contributed by atoms with E-state index in [0.717, 1.165) is 0 Å². The van der Waals surface area contributed by atoms with Crippen molar-refractivity contribution in [2.45, 2.75) is 19.4 Å². The summed E-state index contributed by atoms with van der Waals surface area (Å²) in [7, 11) is 0. The zero-order valence-electron chi connectivity index (χ0n) is 13.0. The maximum atomic E-state index is 12.2. The fraction of sp³-hybridized carbons (Fsp3) is 0.176. The largest absolute Gasteiger partial charge is 0.478 e. The molecule has 1 amide bonds. The third-order valence-corrected chi connectivity index (χ3v) is 3.88. The van der Waals surface area contributed by atoms with Crippen LogP contribution in [0.3, 0.4) is 0 Å². The van der Waals surface area contributed by atoms with E-state index < -0.39 is 11.5 Å². The van der Waals surface area contributed by atoms with E-state index >= 15 is 0 Å². The highest BCUT2D eigenvalue weighted by Crippen LogP contribution is 2.21. The van der Waals surface area contributed by atoms with Crippen molar-refractivity contribution < 1.29 is 9.53 Å². The zero-order valence-corrected chi connectivity index (χ0v) is 15.3. The molecule has 0 aromatic heterocycles. The molecule has 0 atom stereocenters. The number of amides is 1. The van der Waals surface area contributed by atoms with Crippen molar-refractivity contribution in [1.29, 1.82) is 0 Å². The van der Waals surface area contributed by atoms with E-state index in [-0.39, 0.29) is 0 Å². The normalized spacial score (nSPS) is 11.5. The standard InChI is InChI=1S/C17H15Cl3N2O2/c1-17(2,24-14-7-5-12(18)6-8-14)16(23)22-21-10-11-3-4-13(19)9-15(11)20/h3-10H,1-2H3,(H,22,23)/b21-10+. The Hall–Kier alpha value is -1.75. The Bertz CT molecular complexity index is 759. The molecule has 1 N–H and O–H groups in total. The number of nitrogens with zero attached hydrogens (tertiary/aromatic N) is 1. The molecule has 0 aliphatic heterocycles. The second-order valence-corrected chi connectivity index (χ2v) is 6.71. The van der Waals surface area contributed by atoms with Crippen molar-refractivity contribution in [2.75, 3.05) is 0 Å². The van der Waals surface area contributed by atoms with E-state index in [4.69, 9.17) is 39.5 Å². The molecular formula is C17H15Cl3N2O2. The van der Waals surface area contributed by atoms with E-state index in [1.807, 2.05) is 0 Å². The van der Waals surface area contributed by atoms with Gasteiger partial charge in [0.1, 0.15) is 5.75 Å². The number of halogens is 3. The first kappa shape index (κ1) is 18.6. The van der Waals surface area contributed by atoms with Crippen LogP contribution in [0.15, 0.2) is 47.6 Å². The first-order valence-electron chi connectivity index (χ1n) is 7.01. The zero-order chi connectivity index (χ0) is 17.7. The molecule has 0 spiro atoms. The van der Waals surface area contributed by atoms with E-state index in [0.29, 0.717) is 26.4 Å². The number of hydrogen-bond donors (Lipinski definition) is 1. The quantitative estimate of drug-likeness (QED) is 0.584. The molecule has 126 valence electrons. The summed E-state index contributed by atoms with van der Waals surface area (Å²) in [5.41, 5.74) is 1.95. The lowest BCUT2D eigenvalue weighted by atomic mass is 10.1. The molecule has 0 unspecified atom stereocenters. The maximum absolute atomic E-state index is 12.2. The summed E-state index contributed by atoms with van der Waals surface area (Å²) in [6, 6.07) is 11.7. The minimum atomic E-state index is -1.12. The van der Waals surface area contributed by atoms with Crippen LogP contribution in [0.5, 0.6) is 5.75 Å². The summed E-state index contributed by atoms with van der Waals surface area (Å²) >= 11 is 17.7. The number of carbonyl (C=O) groups is 1. The van der Waals surface area contributed by atoms with E-state index in [9.17, 15) is 4.79 Å². The molecule has 0 saturated heterocycles. The van der Waals surface area contributed by atoms with Crippen LogP contribution in [0.1, 0.15) is 19.4 Å². The number of nitrogens with one attached hydrogen (secondary N) is 1. The van der Waals surface area contributed by atoms with Crippen LogP contribution in [-0.4, -0.2) is 17.7 Å².